The average Bonchev–Trinajstić information content (AvgIpc) is 2.92. The Morgan fingerprint density at radius 1 is 1.38 bits per heavy atom. The molecule has 0 radical (unpaired) electrons. The average molecular weight is 290 g/mol. The Bertz CT molecular complexity index is 540. The molecule has 1 aliphatic heterocycles. The first-order chi connectivity index (χ1) is 10.0. The van der Waals surface area contributed by atoms with Gasteiger partial charge in [0.1, 0.15) is 6.04 Å². The van der Waals surface area contributed by atoms with E-state index in [9.17, 15) is 9.59 Å². The van der Waals surface area contributed by atoms with E-state index in [-0.39, 0.29) is 11.8 Å². The summed E-state index contributed by atoms with van der Waals surface area (Å²) in [7, 11) is 1.33. The molecule has 0 spiro atoms. The fraction of sp³-hybridized carbons (Fsp3) is 0.500. The van der Waals surface area contributed by atoms with E-state index < -0.39 is 12.0 Å². The summed E-state index contributed by atoms with van der Waals surface area (Å²) in [6, 6.07) is 4.98. The molecule has 0 aromatic heterocycles. The van der Waals surface area contributed by atoms with Crippen LogP contribution in [0.2, 0.25) is 0 Å². The van der Waals surface area contributed by atoms with E-state index in [2.05, 4.69) is 10.6 Å². The number of nitrogens with one attached hydrogen (secondary N) is 2. The molecule has 0 fully saturated rings. The third-order valence-corrected chi connectivity index (χ3v) is 3.58. The largest absolute Gasteiger partial charge is 0.467 e. The van der Waals surface area contributed by atoms with Gasteiger partial charge in [0.2, 0.25) is 0 Å². The molecule has 21 heavy (non-hydrogen) atoms. The monoisotopic (exact) mass is 290 g/mol. The summed E-state index contributed by atoms with van der Waals surface area (Å²) < 4.78 is 4.76. The van der Waals surface area contributed by atoms with Crippen LogP contribution >= 0.6 is 0 Å². The predicted molar refractivity (Wildman–Crippen MR) is 81.4 cm³/mol. The fourth-order valence-electron chi connectivity index (χ4n) is 2.50. The number of anilines is 1. The molecular formula is C16H22N2O3. The van der Waals surface area contributed by atoms with Gasteiger partial charge in [0.05, 0.1) is 7.11 Å². The summed E-state index contributed by atoms with van der Waals surface area (Å²) in [4.78, 5) is 24.1. The fourth-order valence-corrected chi connectivity index (χ4v) is 2.50. The van der Waals surface area contributed by atoms with Crippen LogP contribution in [0.15, 0.2) is 18.2 Å². The predicted octanol–water partition coefficient (Wildman–Crippen LogP) is 1.97. The van der Waals surface area contributed by atoms with Crippen LogP contribution in [-0.4, -0.2) is 31.6 Å². The molecule has 0 aliphatic carbocycles. The molecule has 1 atom stereocenters. The number of benzene rings is 1. The lowest BCUT2D eigenvalue weighted by Gasteiger charge is -2.18. The number of rotatable bonds is 5. The van der Waals surface area contributed by atoms with E-state index in [1.165, 1.54) is 12.7 Å². The van der Waals surface area contributed by atoms with E-state index in [1.54, 1.807) is 6.07 Å². The van der Waals surface area contributed by atoms with Crippen LogP contribution in [0.5, 0.6) is 0 Å². The third kappa shape index (κ3) is 3.74. The molecule has 1 aliphatic rings. The zero-order valence-electron chi connectivity index (χ0n) is 12.7. The van der Waals surface area contributed by atoms with E-state index in [1.807, 2.05) is 26.0 Å². The molecule has 5 heteroatoms. The van der Waals surface area contributed by atoms with Crippen molar-refractivity contribution in [3.8, 4) is 0 Å². The van der Waals surface area contributed by atoms with E-state index >= 15 is 0 Å². The summed E-state index contributed by atoms with van der Waals surface area (Å²) in [6.45, 7) is 4.90. The second-order valence-electron chi connectivity index (χ2n) is 5.73. The number of carbonyl (C=O) groups excluding carboxylic acids is 2. The molecule has 1 aromatic carbocycles. The van der Waals surface area contributed by atoms with Crippen molar-refractivity contribution in [2.24, 2.45) is 5.92 Å². The molecule has 0 saturated carbocycles. The number of hydrogen-bond acceptors (Lipinski definition) is 4. The number of carbonyl (C=O) groups is 2. The maximum atomic E-state index is 12.3. The summed E-state index contributed by atoms with van der Waals surface area (Å²) >= 11 is 0. The van der Waals surface area contributed by atoms with Gasteiger partial charge in [-0.05, 0) is 36.5 Å². The molecule has 1 amide bonds. The van der Waals surface area contributed by atoms with Crippen molar-refractivity contribution in [1.29, 1.82) is 0 Å². The van der Waals surface area contributed by atoms with Gasteiger partial charge in [-0.15, -0.1) is 0 Å². The van der Waals surface area contributed by atoms with E-state index in [0.717, 1.165) is 18.7 Å². The molecule has 5 nitrogen and oxygen atoms in total. The van der Waals surface area contributed by atoms with Crippen molar-refractivity contribution in [2.75, 3.05) is 19.0 Å². The summed E-state index contributed by atoms with van der Waals surface area (Å²) in [5.74, 6) is -0.366. The Hall–Kier alpha value is -2.04. The Morgan fingerprint density at radius 3 is 2.81 bits per heavy atom. The molecule has 2 rings (SSSR count). The number of fused-ring (bicyclic) bond motifs is 1. The number of esters is 1. The number of ether oxygens (including phenoxy) is 1. The molecule has 1 heterocycles. The number of methoxy groups -OCH3 is 1. The molecule has 0 saturated heterocycles. The standard InChI is InChI=1S/C16H22N2O3/c1-10(2)8-14(16(20)21-3)18-15(19)12-5-4-11-6-7-17-13(11)9-12/h4-5,9-10,14,17H,6-8H2,1-3H3,(H,18,19). The lowest BCUT2D eigenvalue weighted by Crippen LogP contribution is -2.42. The van der Waals surface area contributed by atoms with Crippen LogP contribution in [0.25, 0.3) is 0 Å². The van der Waals surface area contributed by atoms with Gasteiger partial charge in [0, 0.05) is 17.8 Å². The Kier molecular flexibility index (Phi) is 4.83. The van der Waals surface area contributed by atoms with E-state index in [4.69, 9.17) is 4.74 Å². The minimum absolute atomic E-state index is 0.248. The van der Waals surface area contributed by atoms with Crippen LogP contribution in [0.4, 0.5) is 5.69 Å². The molecule has 1 unspecified atom stereocenters. The Balaban J connectivity index is 2.09. The zero-order chi connectivity index (χ0) is 15.4. The third-order valence-electron chi connectivity index (χ3n) is 3.58. The normalized spacial score (nSPS) is 14.3. The van der Waals surface area contributed by atoms with Gasteiger partial charge in [-0.3, -0.25) is 4.79 Å². The van der Waals surface area contributed by atoms with Crippen LogP contribution < -0.4 is 10.6 Å². The van der Waals surface area contributed by atoms with Crippen LogP contribution in [0.3, 0.4) is 0 Å². The lowest BCUT2D eigenvalue weighted by atomic mass is 10.0. The highest BCUT2D eigenvalue weighted by atomic mass is 16.5. The first-order valence-electron chi connectivity index (χ1n) is 7.26. The molecule has 1 aromatic rings. The summed E-state index contributed by atoms with van der Waals surface area (Å²) in [5, 5.41) is 6.01. The highest BCUT2D eigenvalue weighted by Gasteiger charge is 2.23. The maximum Gasteiger partial charge on any atom is 0.328 e. The first kappa shape index (κ1) is 15.4. The first-order valence-corrected chi connectivity index (χ1v) is 7.26. The van der Waals surface area contributed by atoms with Gasteiger partial charge in [0.15, 0.2) is 0 Å². The number of amides is 1. The molecular weight excluding hydrogens is 268 g/mol. The summed E-state index contributed by atoms with van der Waals surface area (Å²) in [5.41, 5.74) is 2.78. The van der Waals surface area contributed by atoms with Crippen molar-refractivity contribution >= 4 is 17.6 Å². The van der Waals surface area contributed by atoms with Gasteiger partial charge in [0.25, 0.3) is 5.91 Å². The summed E-state index contributed by atoms with van der Waals surface area (Å²) in [6.07, 6.45) is 1.54. The van der Waals surface area contributed by atoms with Crippen molar-refractivity contribution in [2.45, 2.75) is 32.7 Å². The van der Waals surface area contributed by atoms with Gasteiger partial charge < -0.3 is 15.4 Å². The maximum absolute atomic E-state index is 12.3. The highest BCUT2D eigenvalue weighted by Crippen LogP contribution is 2.23. The van der Waals surface area contributed by atoms with Crippen molar-refractivity contribution in [1.82, 2.24) is 5.32 Å². The molecule has 0 bridgehead atoms. The Morgan fingerprint density at radius 2 is 2.14 bits per heavy atom. The van der Waals surface area contributed by atoms with E-state index in [0.29, 0.717) is 12.0 Å². The van der Waals surface area contributed by atoms with Crippen LogP contribution in [0, 0.1) is 5.92 Å². The van der Waals surface area contributed by atoms with Crippen molar-refractivity contribution in [3.05, 3.63) is 29.3 Å². The number of hydrogen-bond donors (Lipinski definition) is 2. The molecule has 114 valence electrons. The minimum atomic E-state index is -0.608. The van der Waals surface area contributed by atoms with Crippen molar-refractivity contribution in [3.63, 3.8) is 0 Å². The topological polar surface area (TPSA) is 67.4 Å². The highest BCUT2D eigenvalue weighted by molar-refractivity contribution is 5.97. The smallest absolute Gasteiger partial charge is 0.328 e. The second kappa shape index (κ2) is 6.61. The zero-order valence-corrected chi connectivity index (χ0v) is 12.7. The SMILES string of the molecule is COC(=O)C(CC(C)C)NC(=O)c1ccc2c(c1)NCC2. The molecule has 2 N–H and O–H groups in total. The van der Waals surface area contributed by atoms with Crippen LogP contribution in [0.1, 0.15) is 36.2 Å². The minimum Gasteiger partial charge on any atom is -0.467 e. The van der Waals surface area contributed by atoms with Gasteiger partial charge in [-0.25, -0.2) is 4.79 Å². The second-order valence-corrected chi connectivity index (χ2v) is 5.73. The quantitative estimate of drug-likeness (QED) is 0.814. The Labute approximate surface area is 125 Å². The van der Waals surface area contributed by atoms with Gasteiger partial charge in [-0.2, -0.15) is 0 Å². The van der Waals surface area contributed by atoms with Crippen LogP contribution in [-0.2, 0) is 16.0 Å². The van der Waals surface area contributed by atoms with Gasteiger partial charge >= 0.3 is 5.97 Å². The van der Waals surface area contributed by atoms with Crippen molar-refractivity contribution < 1.29 is 14.3 Å². The van der Waals surface area contributed by atoms with Gasteiger partial charge in [-0.1, -0.05) is 19.9 Å². The lowest BCUT2D eigenvalue weighted by molar-refractivity contribution is -0.143.